The molecule has 3 nitrogen and oxygen atoms in total. The summed E-state index contributed by atoms with van der Waals surface area (Å²) in [5.74, 6) is 0.603. The van der Waals surface area contributed by atoms with E-state index in [0.717, 1.165) is 22.0 Å². The number of rotatable bonds is 3. The molecule has 0 N–H and O–H groups in total. The van der Waals surface area contributed by atoms with Gasteiger partial charge in [0.15, 0.2) is 5.78 Å². The van der Waals surface area contributed by atoms with Gasteiger partial charge >= 0.3 is 0 Å². The highest BCUT2D eigenvalue weighted by molar-refractivity contribution is 6.17. The number of fused-ring (bicyclic) bond motifs is 1. The van der Waals surface area contributed by atoms with Gasteiger partial charge in [0.2, 0.25) is 0 Å². The van der Waals surface area contributed by atoms with E-state index in [0.29, 0.717) is 5.92 Å². The van der Waals surface area contributed by atoms with Gasteiger partial charge in [-0.2, -0.15) is 0 Å². The number of pyridine rings is 1. The summed E-state index contributed by atoms with van der Waals surface area (Å²) in [4.78, 5) is 17.3. The summed E-state index contributed by atoms with van der Waals surface area (Å²) in [6, 6.07) is 11.9. The SMILES string of the molecule is Cn1c(C2CCCCC2)c(C(=O)c2ccncc2)c2ccccc21. The number of hydrogen-bond donors (Lipinski definition) is 0. The van der Waals surface area contributed by atoms with Crippen molar-refractivity contribution < 1.29 is 4.79 Å². The third-order valence-corrected chi connectivity index (χ3v) is 5.31. The van der Waals surface area contributed by atoms with Gasteiger partial charge in [0.1, 0.15) is 0 Å². The third-order valence-electron chi connectivity index (χ3n) is 5.31. The molecule has 0 bridgehead atoms. The van der Waals surface area contributed by atoms with Gasteiger partial charge in [-0.25, -0.2) is 0 Å². The molecule has 0 amide bonds. The Morgan fingerprint density at radius 3 is 2.50 bits per heavy atom. The van der Waals surface area contributed by atoms with Crippen LogP contribution in [0.15, 0.2) is 48.8 Å². The molecule has 1 aliphatic rings. The molecule has 0 saturated heterocycles. The second kappa shape index (κ2) is 6.23. The van der Waals surface area contributed by atoms with Crippen LogP contribution in [0.1, 0.15) is 59.6 Å². The van der Waals surface area contributed by atoms with Gasteiger partial charge in [-0.1, -0.05) is 37.5 Å². The molecule has 0 spiro atoms. The molecule has 0 unspecified atom stereocenters. The number of carbonyl (C=O) groups is 1. The largest absolute Gasteiger partial charge is 0.347 e. The van der Waals surface area contributed by atoms with E-state index >= 15 is 0 Å². The standard InChI is InChI=1S/C21H22N2O/c1-23-18-10-6-5-9-17(18)19(20(23)15-7-3-2-4-8-15)21(24)16-11-13-22-14-12-16/h5-6,9-15H,2-4,7-8H2,1H3. The summed E-state index contributed by atoms with van der Waals surface area (Å²) in [7, 11) is 2.11. The maximum Gasteiger partial charge on any atom is 0.195 e. The molecule has 2 aromatic heterocycles. The van der Waals surface area contributed by atoms with Crippen LogP contribution in [0.2, 0.25) is 0 Å². The predicted octanol–water partition coefficient (Wildman–Crippen LogP) is 4.85. The third kappa shape index (κ3) is 2.44. The maximum absolute atomic E-state index is 13.3. The molecule has 122 valence electrons. The monoisotopic (exact) mass is 318 g/mol. The van der Waals surface area contributed by atoms with E-state index in [1.165, 1.54) is 37.8 Å². The lowest BCUT2D eigenvalue weighted by Crippen LogP contribution is -2.14. The molecule has 2 heterocycles. The first kappa shape index (κ1) is 15.1. The quantitative estimate of drug-likeness (QED) is 0.647. The summed E-state index contributed by atoms with van der Waals surface area (Å²) < 4.78 is 2.25. The molecule has 3 heteroatoms. The molecular weight excluding hydrogens is 296 g/mol. The molecule has 0 aliphatic heterocycles. The van der Waals surface area contributed by atoms with E-state index in [9.17, 15) is 4.79 Å². The number of para-hydroxylation sites is 1. The first-order valence-electron chi connectivity index (χ1n) is 8.79. The average Bonchev–Trinajstić information content (AvgIpc) is 2.95. The lowest BCUT2D eigenvalue weighted by atomic mass is 9.84. The van der Waals surface area contributed by atoms with Crippen molar-refractivity contribution in [1.29, 1.82) is 0 Å². The zero-order valence-electron chi connectivity index (χ0n) is 14.0. The van der Waals surface area contributed by atoms with Crippen molar-refractivity contribution in [2.24, 2.45) is 7.05 Å². The van der Waals surface area contributed by atoms with Crippen molar-refractivity contribution in [3.8, 4) is 0 Å². The molecule has 1 fully saturated rings. The second-order valence-electron chi connectivity index (χ2n) is 6.74. The zero-order valence-corrected chi connectivity index (χ0v) is 14.0. The zero-order chi connectivity index (χ0) is 16.5. The second-order valence-corrected chi connectivity index (χ2v) is 6.74. The van der Waals surface area contributed by atoms with Crippen LogP contribution < -0.4 is 0 Å². The summed E-state index contributed by atoms with van der Waals surface area (Å²) in [5, 5.41) is 1.07. The fraction of sp³-hybridized carbons (Fsp3) is 0.333. The highest BCUT2D eigenvalue weighted by Gasteiger charge is 2.28. The van der Waals surface area contributed by atoms with Gasteiger partial charge in [0, 0.05) is 41.6 Å². The lowest BCUT2D eigenvalue weighted by Gasteiger charge is -2.24. The van der Waals surface area contributed by atoms with Crippen molar-refractivity contribution in [3.05, 3.63) is 65.6 Å². The Balaban J connectivity index is 1.93. The number of aryl methyl sites for hydroxylation is 1. The summed E-state index contributed by atoms with van der Waals surface area (Å²) in [5.41, 5.74) is 3.98. The van der Waals surface area contributed by atoms with Gasteiger partial charge in [-0.15, -0.1) is 0 Å². The van der Waals surface area contributed by atoms with Gasteiger partial charge in [0.25, 0.3) is 0 Å². The van der Waals surface area contributed by atoms with Crippen LogP contribution in [0, 0.1) is 0 Å². The van der Waals surface area contributed by atoms with Crippen LogP contribution in [0.5, 0.6) is 0 Å². The molecule has 1 saturated carbocycles. The van der Waals surface area contributed by atoms with Crippen molar-refractivity contribution in [2.45, 2.75) is 38.0 Å². The fourth-order valence-electron chi connectivity index (χ4n) is 4.15. The molecular formula is C21H22N2O. The highest BCUT2D eigenvalue weighted by Crippen LogP contribution is 2.39. The van der Waals surface area contributed by atoms with Gasteiger partial charge in [-0.05, 0) is 37.0 Å². The van der Waals surface area contributed by atoms with Crippen molar-refractivity contribution >= 4 is 16.7 Å². The number of ketones is 1. The minimum absolute atomic E-state index is 0.120. The maximum atomic E-state index is 13.3. The van der Waals surface area contributed by atoms with E-state index in [-0.39, 0.29) is 5.78 Å². The first-order chi connectivity index (χ1) is 11.8. The van der Waals surface area contributed by atoms with Crippen LogP contribution >= 0.6 is 0 Å². The summed E-state index contributed by atoms with van der Waals surface area (Å²) >= 11 is 0. The molecule has 1 aliphatic carbocycles. The number of nitrogens with zero attached hydrogens (tertiary/aromatic N) is 2. The van der Waals surface area contributed by atoms with Crippen molar-refractivity contribution in [2.75, 3.05) is 0 Å². The molecule has 4 rings (SSSR count). The van der Waals surface area contributed by atoms with E-state index < -0.39 is 0 Å². The summed E-state index contributed by atoms with van der Waals surface area (Å²) in [6.45, 7) is 0. The highest BCUT2D eigenvalue weighted by atomic mass is 16.1. The van der Waals surface area contributed by atoms with E-state index in [4.69, 9.17) is 0 Å². The molecule has 0 radical (unpaired) electrons. The van der Waals surface area contributed by atoms with Gasteiger partial charge in [-0.3, -0.25) is 9.78 Å². The van der Waals surface area contributed by atoms with Crippen LogP contribution in [0.25, 0.3) is 10.9 Å². The van der Waals surface area contributed by atoms with Crippen molar-refractivity contribution in [1.82, 2.24) is 9.55 Å². The Morgan fingerprint density at radius 2 is 1.75 bits per heavy atom. The molecule has 3 aromatic rings. The van der Waals surface area contributed by atoms with Gasteiger partial charge < -0.3 is 4.57 Å². The Morgan fingerprint density at radius 1 is 1.04 bits per heavy atom. The smallest absolute Gasteiger partial charge is 0.195 e. The topological polar surface area (TPSA) is 34.9 Å². The predicted molar refractivity (Wildman–Crippen MR) is 96.4 cm³/mol. The Bertz CT molecular complexity index is 873. The fourth-order valence-corrected chi connectivity index (χ4v) is 4.15. The van der Waals surface area contributed by atoms with Crippen LogP contribution in [0.4, 0.5) is 0 Å². The Labute approximate surface area is 142 Å². The van der Waals surface area contributed by atoms with E-state index in [1.54, 1.807) is 12.4 Å². The van der Waals surface area contributed by atoms with Gasteiger partial charge in [0.05, 0.1) is 5.56 Å². The minimum atomic E-state index is 0.120. The lowest BCUT2D eigenvalue weighted by molar-refractivity contribution is 0.103. The Kier molecular flexibility index (Phi) is 3.93. The first-order valence-corrected chi connectivity index (χ1v) is 8.79. The minimum Gasteiger partial charge on any atom is -0.347 e. The number of benzene rings is 1. The van der Waals surface area contributed by atoms with E-state index in [1.807, 2.05) is 24.3 Å². The number of carbonyl (C=O) groups excluding carboxylic acids is 1. The normalized spacial score (nSPS) is 15.7. The van der Waals surface area contributed by atoms with Crippen LogP contribution in [0.3, 0.4) is 0 Å². The van der Waals surface area contributed by atoms with Crippen LogP contribution in [-0.2, 0) is 7.05 Å². The Hall–Kier alpha value is -2.42. The molecule has 24 heavy (non-hydrogen) atoms. The van der Waals surface area contributed by atoms with E-state index in [2.05, 4.69) is 28.7 Å². The van der Waals surface area contributed by atoms with Crippen molar-refractivity contribution in [3.63, 3.8) is 0 Å². The number of aromatic nitrogens is 2. The van der Waals surface area contributed by atoms with Crippen LogP contribution in [-0.4, -0.2) is 15.3 Å². The molecule has 0 atom stereocenters. The summed E-state index contributed by atoms with van der Waals surface area (Å²) in [6.07, 6.45) is 9.58. The molecule has 1 aromatic carbocycles. The average molecular weight is 318 g/mol. The number of hydrogen-bond acceptors (Lipinski definition) is 2.